The molecule has 0 aliphatic rings. The smallest absolute Gasteiger partial charge is 1.00 e. The van der Waals surface area contributed by atoms with Crippen LogP contribution in [-0.2, 0) is 28.5 Å². The van der Waals surface area contributed by atoms with Crippen LogP contribution in [0.1, 0.15) is 26.9 Å². The summed E-state index contributed by atoms with van der Waals surface area (Å²) < 4.78 is 18.7. The van der Waals surface area contributed by atoms with Gasteiger partial charge in [0.15, 0.2) is 0 Å². The second-order valence-corrected chi connectivity index (χ2v) is 4.93. The van der Waals surface area contributed by atoms with Crippen LogP contribution in [0.5, 0.6) is 0 Å². The molecule has 1 atom stereocenters. The average Bonchev–Trinajstić information content (AvgIpc) is 2.60. The van der Waals surface area contributed by atoms with Crippen molar-refractivity contribution >= 4 is 34.0 Å². The van der Waals surface area contributed by atoms with Crippen LogP contribution in [0.2, 0.25) is 0 Å². The Labute approximate surface area is 185 Å². The maximum Gasteiger partial charge on any atom is 1.00 e. The predicted octanol–water partition coefficient (Wildman–Crippen LogP) is 0.934. The molecule has 1 rings (SSSR count). The van der Waals surface area contributed by atoms with Crippen molar-refractivity contribution < 1.29 is 64.3 Å². The van der Waals surface area contributed by atoms with Gasteiger partial charge in [-0.25, -0.2) is 4.79 Å². The van der Waals surface area contributed by atoms with Crippen LogP contribution in [0.4, 0.5) is 4.79 Å². The van der Waals surface area contributed by atoms with Crippen LogP contribution in [-0.4, -0.2) is 39.4 Å². The quantitative estimate of drug-likeness (QED) is 0.220. The van der Waals surface area contributed by atoms with Gasteiger partial charge in [0.05, 0.1) is 21.3 Å². The van der Waals surface area contributed by atoms with Gasteiger partial charge < -0.3 is 20.4 Å². The summed E-state index contributed by atoms with van der Waals surface area (Å²) in [6.07, 6.45) is -0.00650. The molecular formula is C17H24BrNaO7. The predicted molar refractivity (Wildman–Crippen MR) is 97.1 cm³/mol. The number of carbonyl (C=O) groups excluding carboxylic acids is 3. The van der Waals surface area contributed by atoms with E-state index in [1.807, 2.05) is 24.3 Å². The van der Waals surface area contributed by atoms with Gasteiger partial charge in [-0.2, -0.15) is 0 Å². The van der Waals surface area contributed by atoms with Crippen LogP contribution in [0.25, 0.3) is 0 Å². The molecule has 0 heterocycles. The Morgan fingerprint density at radius 3 is 2.00 bits per heavy atom. The minimum absolute atomic E-state index is 0. The maximum absolute atomic E-state index is 11.0. The number of halogens is 1. The molecule has 7 nitrogen and oxygen atoms in total. The molecule has 0 aliphatic carbocycles. The Bertz CT molecular complexity index is 570. The minimum Gasteiger partial charge on any atom is -1.00 e. The number of ether oxygens (including phenoxy) is 4. The van der Waals surface area contributed by atoms with Gasteiger partial charge in [-0.15, -0.1) is 0 Å². The molecule has 142 valence electrons. The second-order valence-electron chi connectivity index (χ2n) is 4.08. The largest absolute Gasteiger partial charge is 1.00 e. The summed E-state index contributed by atoms with van der Waals surface area (Å²) in [5.41, 5.74) is 0.831. The number of hydrogen-bond donors (Lipinski definition) is 0. The van der Waals surface area contributed by atoms with Gasteiger partial charge in [0.25, 0.3) is 0 Å². The van der Waals surface area contributed by atoms with Crippen molar-refractivity contribution in [1.29, 1.82) is 0 Å². The molecule has 0 bridgehead atoms. The summed E-state index contributed by atoms with van der Waals surface area (Å²) in [5, 5.41) is 0. The first kappa shape index (κ1) is 29.4. The van der Waals surface area contributed by atoms with E-state index in [4.69, 9.17) is 4.74 Å². The SMILES string of the molecule is C.C=CC(OC(=O)OC)c1ccccc1Br.COC(=O)CC(=O)OC.[H-].[Na+]. The third-order valence-corrected chi connectivity index (χ3v) is 3.28. The third kappa shape index (κ3) is 12.1. The van der Waals surface area contributed by atoms with Gasteiger partial charge in [0.2, 0.25) is 0 Å². The van der Waals surface area contributed by atoms with Crippen LogP contribution in [0, 0.1) is 0 Å². The molecule has 1 aromatic carbocycles. The zero-order valence-electron chi connectivity index (χ0n) is 15.6. The van der Waals surface area contributed by atoms with Gasteiger partial charge in [-0.1, -0.05) is 48.1 Å². The van der Waals surface area contributed by atoms with Crippen molar-refractivity contribution in [2.24, 2.45) is 0 Å². The molecule has 9 heteroatoms. The standard InChI is InChI=1S/C11H11BrO3.C5H8O4.CH4.Na.H/c1-3-10(15-11(13)14-2)8-6-4-5-7-9(8)12;1-8-4(6)3-5(7)9-2;;;/h3-7,10H,1H2,2H3;3H2,1-2H3;1H4;;/q;;;+1;-1. The number of benzene rings is 1. The molecule has 1 unspecified atom stereocenters. The molecule has 0 saturated carbocycles. The Kier molecular flexibility index (Phi) is 19.3. The van der Waals surface area contributed by atoms with Crippen molar-refractivity contribution in [1.82, 2.24) is 0 Å². The fourth-order valence-corrected chi connectivity index (χ4v) is 1.87. The van der Waals surface area contributed by atoms with Crippen molar-refractivity contribution in [3.8, 4) is 0 Å². The molecule has 1 aromatic rings. The molecule has 26 heavy (non-hydrogen) atoms. The van der Waals surface area contributed by atoms with Crippen LogP contribution in [0.15, 0.2) is 41.4 Å². The van der Waals surface area contributed by atoms with Crippen LogP contribution in [0.3, 0.4) is 0 Å². The molecule has 0 amide bonds. The molecule has 0 aromatic heterocycles. The van der Waals surface area contributed by atoms with Crippen LogP contribution < -0.4 is 29.6 Å². The van der Waals surface area contributed by atoms with E-state index in [1.165, 1.54) is 27.4 Å². The van der Waals surface area contributed by atoms with E-state index in [0.29, 0.717) is 0 Å². The molecule has 0 spiro atoms. The first-order valence-corrected chi connectivity index (χ1v) is 7.44. The van der Waals surface area contributed by atoms with E-state index in [2.05, 4.69) is 36.7 Å². The number of methoxy groups -OCH3 is 3. The Morgan fingerprint density at radius 1 is 1.12 bits per heavy atom. The van der Waals surface area contributed by atoms with Gasteiger partial charge in [-0.3, -0.25) is 9.59 Å². The van der Waals surface area contributed by atoms with E-state index >= 15 is 0 Å². The second kappa shape index (κ2) is 17.1. The van der Waals surface area contributed by atoms with E-state index in [0.717, 1.165) is 10.0 Å². The topological polar surface area (TPSA) is 88.1 Å². The Balaban J connectivity index is -0.000000195. The van der Waals surface area contributed by atoms with Crippen molar-refractivity contribution in [3.05, 3.63) is 47.0 Å². The number of esters is 2. The van der Waals surface area contributed by atoms with Gasteiger partial charge in [0.1, 0.15) is 12.5 Å². The average molecular weight is 443 g/mol. The zero-order chi connectivity index (χ0) is 18.5. The fourth-order valence-electron chi connectivity index (χ4n) is 1.36. The summed E-state index contributed by atoms with van der Waals surface area (Å²) in [7, 11) is 3.69. The Hall–Kier alpha value is -1.35. The third-order valence-electron chi connectivity index (χ3n) is 2.56. The summed E-state index contributed by atoms with van der Waals surface area (Å²) in [5.74, 6) is -1.16. The first-order valence-electron chi connectivity index (χ1n) is 6.64. The van der Waals surface area contributed by atoms with E-state index in [-0.39, 0.29) is 44.8 Å². The van der Waals surface area contributed by atoms with E-state index in [1.54, 1.807) is 0 Å². The fraction of sp³-hybridized carbons (Fsp3) is 0.353. The molecule has 0 fully saturated rings. The number of hydrogen-bond acceptors (Lipinski definition) is 7. The summed E-state index contributed by atoms with van der Waals surface area (Å²) >= 11 is 3.37. The normalized spacial score (nSPS) is 9.54. The van der Waals surface area contributed by atoms with Crippen LogP contribution >= 0.6 is 15.9 Å². The maximum atomic E-state index is 11.0. The minimum atomic E-state index is -0.726. The molecule has 0 saturated heterocycles. The molecule has 0 aliphatic heterocycles. The molecular weight excluding hydrogens is 419 g/mol. The van der Waals surface area contributed by atoms with Gasteiger partial charge >= 0.3 is 47.7 Å². The number of rotatable bonds is 5. The van der Waals surface area contributed by atoms with Crippen molar-refractivity contribution in [3.63, 3.8) is 0 Å². The van der Waals surface area contributed by atoms with Crippen molar-refractivity contribution in [2.75, 3.05) is 21.3 Å². The summed E-state index contributed by atoms with van der Waals surface area (Å²) in [4.78, 5) is 31.5. The first-order chi connectivity index (χ1) is 11.4. The van der Waals surface area contributed by atoms with E-state index < -0.39 is 24.2 Å². The zero-order valence-corrected chi connectivity index (χ0v) is 18.2. The van der Waals surface area contributed by atoms with Gasteiger partial charge in [-0.05, 0) is 12.1 Å². The van der Waals surface area contributed by atoms with E-state index in [9.17, 15) is 14.4 Å². The van der Waals surface area contributed by atoms with Crippen molar-refractivity contribution in [2.45, 2.75) is 20.0 Å². The summed E-state index contributed by atoms with van der Waals surface area (Å²) in [6.45, 7) is 3.61. The monoisotopic (exact) mass is 442 g/mol. The Morgan fingerprint density at radius 2 is 1.62 bits per heavy atom. The number of carbonyl (C=O) groups is 3. The molecule has 0 radical (unpaired) electrons. The summed E-state index contributed by atoms with van der Waals surface area (Å²) in [6, 6.07) is 7.45. The van der Waals surface area contributed by atoms with Gasteiger partial charge in [0, 0.05) is 10.0 Å². The molecule has 0 N–H and O–H groups in total.